The fourth-order valence-electron chi connectivity index (χ4n) is 1.35. The molecule has 0 aliphatic rings. The van der Waals surface area contributed by atoms with E-state index in [-0.39, 0.29) is 6.54 Å². The Kier molecular flexibility index (Phi) is 6.87. The molecule has 25 heavy (non-hydrogen) atoms. The summed E-state index contributed by atoms with van der Waals surface area (Å²) in [5, 5.41) is 19.9. The summed E-state index contributed by atoms with van der Waals surface area (Å²) in [4.78, 5) is 27.7. The molecule has 0 unspecified atom stereocenters. The molecule has 0 bridgehead atoms. The van der Waals surface area contributed by atoms with E-state index in [0.717, 1.165) is 5.56 Å². The van der Waals surface area contributed by atoms with Crippen LogP contribution in [0, 0.1) is 0 Å². The molecule has 0 radical (unpaired) electrons. The molecule has 2 aromatic heterocycles. The fourth-order valence-corrected chi connectivity index (χ4v) is 1.35. The van der Waals surface area contributed by atoms with Gasteiger partial charge in [-0.3, -0.25) is 4.79 Å². The summed E-state index contributed by atoms with van der Waals surface area (Å²) in [6.45, 7) is 0.116. The van der Waals surface area contributed by atoms with E-state index < -0.39 is 24.2 Å². The van der Waals surface area contributed by atoms with Crippen molar-refractivity contribution in [2.24, 2.45) is 5.73 Å². The number of carboxylic acid groups (broad SMARTS) is 2. The van der Waals surface area contributed by atoms with E-state index in [1.54, 1.807) is 36.9 Å². The highest BCUT2D eigenvalue weighted by atomic mass is 19.4. The van der Waals surface area contributed by atoms with Crippen molar-refractivity contribution in [3.8, 4) is 11.4 Å². The van der Waals surface area contributed by atoms with Gasteiger partial charge in [-0.05, 0) is 11.2 Å². The molecule has 0 fully saturated rings. The zero-order valence-electron chi connectivity index (χ0n) is 12.5. The Morgan fingerprint density at radius 2 is 1.80 bits per heavy atom. The number of carboxylic acids is 2. The van der Waals surface area contributed by atoms with Crippen LogP contribution in [0.5, 0.6) is 0 Å². The maximum absolute atomic E-state index is 10.6. The first kappa shape index (κ1) is 19.9. The number of rotatable bonds is 4. The zero-order chi connectivity index (χ0) is 19.0. The van der Waals surface area contributed by atoms with Gasteiger partial charge < -0.3 is 15.9 Å². The Morgan fingerprint density at radius 1 is 1.24 bits per heavy atom. The van der Waals surface area contributed by atoms with Crippen molar-refractivity contribution in [3.63, 3.8) is 0 Å². The minimum Gasteiger partial charge on any atom is -0.480 e. The lowest BCUT2D eigenvalue weighted by Crippen LogP contribution is -2.49. The van der Waals surface area contributed by atoms with Gasteiger partial charge in [0.25, 0.3) is 0 Å². The molecule has 1 atom stereocenters. The molecule has 0 amide bonds. The van der Waals surface area contributed by atoms with Crippen molar-refractivity contribution >= 4 is 11.9 Å². The summed E-state index contributed by atoms with van der Waals surface area (Å²) >= 11 is 0. The predicted octanol–water partition coefficient (Wildman–Crippen LogP) is -0.129. The van der Waals surface area contributed by atoms with Gasteiger partial charge in [-0.25, -0.2) is 14.8 Å². The first-order valence-corrected chi connectivity index (χ1v) is 6.53. The van der Waals surface area contributed by atoms with Gasteiger partial charge >= 0.3 is 18.1 Å². The van der Waals surface area contributed by atoms with E-state index in [2.05, 4.69) is 15.1 Å². The maximum Gasteiger partial charge on any atom is 0.490 e. The van der Waals surface area contributed by atoms with Crippen molar-refractivity contribution in [1.29, 1.82) is 0 Å². The standard InChI is InChI=1S/C11H11N5O2.C2HF3O2/c12-9(11(17)18)7-16-5-2-8(6-15-16)10-13-3-1-4-14-10;3-2(4,5)1(6)7/h1-6,9H,7,12H2;(H,6,7)/p+1/t9-;/m0./s1. The average Bonchev–Trinajstić information content (AvgIpc) is 2.56. The highest BCUT2D eigenvalue weighted by molar-refractivity contribution is 5.73. The molecule has 4 N–H and O–H groups in total. The van der Waals surface area contributed by atoms with Gasteiger partial charge in [0.15, 0.2) is 24.6 Å². The summed E-state index contributed by atoms with van der Waals surface area (Å²) in [5.74, 6) is -3.24. The van der Waals surface area contributed by atoms with Crippen LogP contribution in [0.4, 0.5) is 13.2 Å². The van der Waals surface area contributed by atoms with Crippen LogP contribution in [0.15, 0.2) is 36.9 Å². The Bertz CT molecular complexity index is 710. The predicted molar refractivity (Wildman–Crippen MR) is 74.8 cm³/mol. The van der Waals surface area contributed by atoms with Crippen LogP contribution in [0.2, 0.25) is 0 Å². The lowest BCUT2D eigenvalue weighted by atomic mass is 10.3. The molecule has 2 rings (SSSR count). The number of alkyl halides is 3. The number of aromatic nitrogens is 4. The number of nitrogens with zero attached hydrogens (tertiary/aromatic N) is 4. The topological polar surface area (TPSA) is 143 Å². The molecule has 0 spiro atoms. The van der Waals surface area contributed by atoms with Gasteiger partial charge in [0, 0.05) is 24.0 Å². The molecular weight excluding hydrogens is 347 g/mol. The van der Waals surface area contributed by atoms with Crippen molar-refractivity contribution in [3.05, 3.63) is 36.9 Å². The summed E-state index contributed by atoms with van der Waals surface area (Å²) in [5.41, 5.74) is 6.17. The molecular formula is C13H13F3N5O4+. The maximum atomic E-state index is 10.6. The lowest BCUT2D eigenvalue weighted by Gasteiger charge is -2.01. The third-order valence-corrected chi connectivity index (χ3v) is 2.54. The first-order valence-electron chi connectivity index (χ1n) is 6.53. The van der Waals surface area contributed by atoms with Crippen molar-refractivity contribution in [2.45, 2.75) is 18.8 Å². The zero-order valence-corrected chi connectivity index (χ0v) is 12.5. The fraction of sp³-hybridized carbons (Fsp3) is 0.231. The normalized spacial score (nSPS) is 11.8. The SMILES string of the molecule is N[C@@H](C[n+]1ccc(-c2ncccn2)cn1)C(=O)O.O=C(O)C(F)(F)F. The summed E-state index contributed by atoms with van der Waals surface area (Å²) in [6, 6.07) is 2.52. The minimum absolute atomic E-state index is 0.116. The van der Waals surface area contributed by atoms with Crippen LogP contribution >= 0.6 is 0 Å². The van der Waals surface area contributed by atoms with E-state index >= 15 is 0 Å². The third-order valence-electron chi connectivity index (χ3n) is 2.54. The Morgan fingerprint density at radius 3 is 2.20 bits per heavy atom. The Labute approximate surface area is 138 Å². The monoisotopic (exact) mass is 360 g/mol. The molecule has 12 heteroatoms. The van der Waals surface area contributed by atoms with Gasteiger partial charge in [-0.15, -0.1) is 0 Å². The highest BCUT2D eigenvalue weighted by Crippen LogP contribution is 2.13. The second kappa shape index (κ2) is 8.63. The van der Waals surface area contributed by atoms with E-state index in [9.17, 15) is 18.0 Å². The molecule has 134 valence electrons. The van der Waals surface area contributed by atoms with Crippen LogP contribution in [-0.2, 0) is 16.1 Å². The molecule has 0 saturated carbocycles. The van der Waals surface area contributed by atoms with Crippen LogP contribution < -0.4 is 10.4 Å². The van der Waals surface area contributed by atoms with Crippen LogP contribution in [0.3, 0.4) is 0 Å². The van der Waals surface area contributed by atoms with E-state index in [1.807, 2.05) is 0 Å². The Hall–Kier alpha value is -3.15. The second-order valence-corrected chi connectivity index (χ2v) is 4.46. The van der Waals surface area contributed by atoms with Crippen molar-refractivity contribution in [1.82, 2.24) is 15.1 Å². The first-order chi connectivity index (χ1) is 11.6. The largest absolute Gasteiger partial charge is 0.490 e. The van der Waals surface area contributed by atoms with E-state index in [0.29, 0.717) is 5.82 Å². The van der Waals surface area contributed by atoms with E-state index in [4.69, 9.17) is 20.7 Å². The number of hydrogen-bond acceptors (Lipinski definition) is 6. The van der Waals surface area contributed by atoms with Gasteiger partial charge in [-0.2, -0.15) is 13.2 Å². The van der Waals surface area contributed by atoms with Crippen LogP contribution in [-0.4, -0.2) is 49.4 Å². The van der Waals surface area contributed by atoms with Crippen molar-refractivity contribution < 1.29 is 37.7 Å². The molecule has 0 aliphatic heterocycles. The molecule has 0 aromatic carbocycles. The highest BCUT2D eigenvalue weighted by Gasteiger charge is 2.38. The molecule has 0 saturated heterocycles. The minimum atomic E-state index is -5.08. The number of hydrogen-bond donors (Lipinski definition) is 3. The smallest absolute Gasteiger partial charge is 0.480 e. The Balaban J connectivity index is 0.000000381. The molecule has 0 aliphatic carbocycles. The summed E-state index contributed by atoms with van der Waals surface area (Å²) < 4.78 is 33.2. The number of nitrogens with two attached hydrogens (primary N) is 1. The van der Waals surface area contributed by atoms with Crippen molar-refractivity contribution in [2.75, 3.05) is 0 Å². The molecule has 2 aromatic rings. The quantitative estimate of drug-likeness (QED) is 0.640. The van der Waals surface area contributed by atoms with Gasteiger partial charge in [0.05, 0.1) is 0 Å². The van der Waals surface area contributed by atoms with Crippen LogP contribution in [0.1, 0.15) is 0 Å². The summed E-state index contributed by atoms with van der Waals surface area (Å²) in [6.07, 6.45) is 1.42. The molecule has 9 nitrogen and oxygen atoms in total. The lowest BCUT2D eigenvalue weighted by molar-refractivity contribution is -0.754. The average molecular weight is 360 g/mol. The second-order valence-electron chi connectivity index (χ2n) is 4.46. The van der Waals surface area contributed by atoms with Gasteiger partial charge in [0.2, 0.25) is 0 Å². The van der Waals surface area contributed by atoms with Crippen LogP contribution in [0.25, 0.3) is 11.4 Å². The third kappa shape index (κ3) is 6.87. The van der Waals surface area contributed by atoms with Gasteiger partial charge in [-0.1, -0.05) is 4.68 Å². The number of halogens is 3. The number of carbonyl (C=O) groups is 2. The van der Waals surface area contributed by atoms with Gasteiger partial charge in [0.1, 0.15) is 6.20 Å². The summed E-state index contributed by atoms with van der Waals surface area (Å²) in [7, 11) is 0. The molecule has 2 heterocycles. The van der Waals surface area contributed by atoms with E-state index in [1.165, 1.54) is 4.68 Å². The number of aliphatic carboxylic acids is 2.